The van der Waals surface area contributed by atoms with Gasteiger partial charge in [-0.1, -0.05) is 262 Å². The lowest BCUT2D eigenvalue weighted by molar-refractivity contribution is -0.143. The predicted molar refractivity (Wildman–Crippen MR) is 301 cm³/mol. The van der Waals surface area contributed by atoms with Crippen LogP contribution in [0.3, 0.4) is 0 Å². The zero-order valence-electron chi connectivity index (χ0n) is 46.3. The van der Waals surface area contributed by atoms with Crippen molar-refractivity contribution in [3.63, 3.8) is 0 Å². The fourth-order valence-electron chi connectivity index (χ4n) is 9.43. The monoisotopic (exact) mass is 970 g/mol. The van der Waals surface area contributed by atoms with Crippen LogP contribution in [0.25, 0.3) is 0 Å². The van der Waals surface area contributed by atoms with Crippen molar-refractivity contribution in [3.05, 3.63) is 36.5 Å². The first-order chi connectivity index (χ1) is 34.0. The number of amides is 1. The average Bonchev–Trinajstić information content (AvgIpc) is 3.35. The Morgan fingerprint density at radius 1 is 0.406 bits per heavy atom. The second kappa shape index (κ2) is 58.6. The minimum atomic E-state index is -0.683. The van der Waals surface area contributed by atoms with Gasteiger partial charge in [-0.2, -0.15) is 0 Å². The van der Waals surface area contributed by atoms with Crippen molar-refractivity contribution in [2.24, 2.45) is 0 Å². The van der Waals surface area contributed by atoms with E-state index in [0.29, 0.717) is 25.9 Å². The summed E-state index contributed by atoms with van der Waals surface area (Å²) in [5.74, 6) is -0.0949. The molecule has 0 rings (SSSR count). The number of esters is 1. The highest BCUT2D eigenvalue weighted by Gasteiger charge is 2.20. The Morgan fingerprint density at radius 3 is 1.14 bits per heavy atom. The van der Waals surface area contributed by atoms with Gasteiger partial charge in [0.2, 0.25) is 5.91 Å². The first kappa shape index (κ1) is 67.1. The number of hydrogen-bond acceptors (Lipinski definition) is 5. The highest BCUT2D eigenvalue weighted by atomic mass is 16.5. The average molecular weight is 971 g/mol. The maximum atomic E-state index is 12.5. The van der Waals surface area contributed by atoms with E-state index in [2.05, 4.69) is 55.6 Å². The van der Waals surface area contributed by atoms with E-state index in [9.17, 15) is 19.8 Å². The van der Waals surface area contributed by atoms with E-state index in [1.807, 2.05) is 0 Å². The molecule has 0 aliphatic rings. The van der Waals surface area contributed by atoms with E-state index < -0.39 is 12.1 Å². The lowest BCUT2D eigenvalue weighted by Crippen LogP contribution is -2.45. The molecule has 0 aliphatic heterocycles. The summed E-state index contributed by atoms with van der Waals surface area (Å²) >= 11 is 0. The molecule has 1 amide bonds. The van der Waals surface area contributed by atoms with Crippen LogP contribution in [0.1, 0.15) is 328 Å². The number of aliphatic hydroxyl groups excluding tert-OH is 2. The van der Waals surface area contributed by atoms with E-state index in [1.165, 1.54) is 205 Å². The van der Waals surface area contributed by atoms with Crippen LogP contribution in [-0.4, -0.2) is 47.4 Å². The smallest absolute Gasteiger partial charge is 0.305 e. The zero-order valence-corrected chi connectivity index (χ0v) is 46.3. The predicted octanol–water partition coefficient (Wildman–Crippen LogP) is 19.2. The topological polar surface area (TPSA) is 95.9 Å². The third-order valence-electron chi connectivity index (χ3n) is 14.2. The number of allylic oxidation sites excluding steroid dienone is 6. The standard InChI is InChI=1S/C63H119NO5/c1-3-5-7-9-11-13-15-17-19-20-21-22-23-24-25-26-27-28-30-31-35-39-43-47-51-55-61(66)60(59-65)64-62(67)56-52-48-44-40-36-33-34-38-42-46-50-54-58-69-63(68)57-53-49-45-41-37-32-29-18-16-14-12-10-8-6-4-2/h12,14,18,29,34,38,60-61,65-66H,3-11,13,15-17,19-28,30-33,35-37,39-59H2,1-2H3,(H,64,67)/b14-12-,29-18-,38-34-. The van der Waals surface area contributed by atoms with E-state index in [-0.39, 0.29) is 18.5 Å². The van der Waals surface area contributed by atoms with Gasteiger partial charge in [-0.25, -0.2) is 0 Å². The maximum absolute atomic E-state index is 12.5. The van der Waals surface area contributed by atoms with Crippen LogP contribution in [0.2, 0.25) is 0 Å². The summed E-state index contributed by atoms with van der Waals surface area (Å²) in [6.45, 7) is 4.88. The normalized spacial score (nSPS) is 12.8. The first-order valence-corrected chi connectivity index (χ1v) is 30.7. The Bertz CT molecular complexity index is 1120. The van der Waals surface area contributed by atoms with Crippen LogP contribution >= 0.6 is 0 Å². The molecule has 69 heavy (non-hydrogen) atoms. The van der Waals surface area contributed by atoms with Gasteiger partial charge in [0.15, 0.2) is 0 Å². The van der Waals surface area contributed by atoms with Gasteiger partial charge >= 0.3 is 5.97 Å². The molecule has 0 saturated heterocycles. The van der Waals surface area contributed by atoms with Crippen molar-refractivity contribution in [3.8, 4) is 0 Å². The van der Waals surface area contributed by atoms with Gasteiger partial charge in [0, 0.05) is 12.8 Å². The Kier molecular flexibility index (Phi) is 57.0. The number of nitrogens with one attached hydrogen (secondary N) is 1. The van der Waals surface area contributed by atoms with Crippen LogP contribution in [0.5, 0.6) is 0 Å². The van der Waals surface area contributed by atoms with E-state index in [0.717, 1.165) is 89.9 Å². The van der Waals surface area contributed by atoms with Crippen LogP contribution in [-0.2, 0) is 14.3 Å². The number of carbonyl (C=O) groups is 2. The number of rotatable bonds is 57. The molecular weight excluding hydrogens is 851 g/mol. The van der Waals surface area contributed by atoms with Gasteiger partial charge in [0.25, 0.3) is 0 Å². The van der Waals surface area contributed by atoms with Gasteiger partial charge in [0.1, 0.15) is 0 Å². The number of aliphatic hydroxyl groups is 2. The van der Waals surface area contributed by atoms with Crippen molar-refractivity contribution in [1.82, 2.24) is 5.32 Å². The summed E-state index contributed by atoms with van der Waals surface area (Å²) < 4.78 is 5.45. The number of unbranched alkanes of at least 4 members (excludes halogenated alkanes) is 40. The third-order valence-corrected chi connectivity index (χ3v) is 14.2. The van der Waals surface area contributed by atoms with Gasteiger partial charge in [-0.05, 0) is 89.9 Å². The summed E-state index contributed by atoms with van der Waals surface area (Å²) in [7, 11) is 0. The quantitative estimate of drug-likeness (QED) is 0.0321. The Hall–Kier alpha value is -1.92. The molecule has 6 nitrogen and oxygen atoms in total. The number of carbonyl (C=O) groups excluding carboxylic acids is 2. The fraction of sp³-hybridized carbons (Fsp3) is 0.873. The van der Waals surface area contributed by atoms with Crippen molar-refractivity contribution in [1.29, 1.82) is 0 Å². The molecule has 0 aromatic carbocycles. The minimum Gasteiger partial charge on any atom is -0.466 e. The largest absolute Gasteiger partial charge is 0.466 e. The summed E-state index contributed by atoms with van der Waals surface area (Å²) in [5, 5.41) is 23.4. The zero-order chi connectivity index (χ0) is 50.0. The van der Waals surface area contributed by atoms with Gasteiger partial charge in [-0.3, -0.25) is 9.59 Å². The van der Waals surface area contributed by atoms with Crippen LogP contribution in [0, 0.1) is 0 Å². The molecule has 2 unspecified atom stereocenters. The van der Waals surface area contributed by atoms with Crippen LogP contribution in [0.15, 0.2) is 36.5 Å². The molecule has 0 aromatic rings. The molecule has 0 aliphatic carbocycles. The summed E-state index contributed by atoms with van der Waals surface area (Å²) in [6.07, 6.45) is 72.9. The number of ether oxygens (including phenoxy) is 1. The van der Waals surface area contributed by atoms with E-state index in [4.69, 9.17) is 4.74 Å². The second-order valence-electron chi connectivity index (χ2n) is 21.0. The first-order valence-electron chi connectivity index (χ1n) is 30.7. The number of hydrogen-bond donors (Lipinski definition) is 3. The molecule has 2 atom stereocenters. The van der Waals surface area contributed by atoms with Gasteiger partial charge < -0.3 is 20.3 Å². The van der Waals surface area contributed by atoms with Gasteiger partial charge in [-0.15, -0.1) is 0 Å². The molecule has 0 saturated carbocycles. The van der Waals surface area contributed by atoms with Crippen LogP contribution < -0.4 is 5.32 Å². The second-order valence-corrected chi connectivity index (χ2v) is 21.0. The molecule has 3 N–H and O–H groups in total. The lowest BCUT2D eigenvalue weighted by atomic mass is 10.0. The third kappa shape index (κ3) is 55.2. The Labute approximate surface area is 430 Å². The molecule has 406 valence electrons. The maximum Gasteiger partial charge on any atom is 0.305 e. The molecule has 0 bridgehead atoms. The molecule has 6 heteroatoms. The van der Waals surface area contributed by atoms with Crippen LogP contribution in [0.4, 0.5) is 0 Å². The lowest BCUT2D eigenvalue weighted by Gasteiger charge is -2.22. The summed E-state index contributed by atoms with van der Waals surface area (Å²) in [5.41, 5.74) is 0. The molecular formula is C63H119NO5. The van der Waals surface area contributed by atoms with E-state index in [1.54, 1.807) is 0 Å². The molecule has 0 spiro atoms. The minimum absolute atomic E-state index is 0.0360. The highest BCUT2D eigenvalue weighted by molar-refractivity contribution is 5.76. The van der Waals surface area contributed by atoms with Crippen molar-refractivity contribution < 1.29 is 24.5 Å². The molecule has 0 radical (unpaired) electrons. The molecule has 0 heterocycles. The Morgan fingerprint density at radius 2 is 0.725 bits per heavy atom. The van der Waals surface area contributed by atoms with E-state index >= 15 is 0 Å². The molecule has 0 aromatic heterocycles. The van der Waals surface area contributed by atoms with Crippen molar-refractivity contribution in [2.45, 2.75) is 341 Å². The fourth-order valence-corrected chi connectivity index (χ4v) is 9.43. The SMILES string of the molecule is CCCCC/C=C\C/C=C\CCCCCCCC(=O)OCCCCC/C=C\CCCCCCCC(=O)NC(CO)C(O)CCCCCCCCCCCCCCCCCCCCCCCCCCC. The molecule has 0 fully saturated rings. The highest BCUT2D eigenvalue weighted by Crippen LogP contribution is 2.18. The Balaban J connectivity index is 3.49. The summed E-state index contributed by atoms with van der Waals surface area (Å²) in [4.78, 5) is 24.6. The van der Waals surface area contributed by atoms with Crippen molar-refractivity contribution in [2.75, 3.05) is 13.2 Å². The summed E-state index contributed by atoms with van der Waals surface area (Å²) in [6, 6.07) is -0.563. The van der Waals surface area contributed by atoms with Gasteiger partial charge in [0.05, 0.1) is 25.4 Å². The van der Waals surface area contributed by atoms with Crippen molar-refractivity contribution >= 4 is 11.9 Å².